The van der Waals surface area contributed by atoms with Gasteiger partial charge in [0.15, 0.2) is 0 Å². The van der Waals surface area contributed by atoms with Crippen LogP contribution < -0.4 is 20.9 Å². The van der Waals surface area contributed by atoms with Crippen LogP contribution in [0.5, 0.6) is 0 Å². The van der Waals surface area contributed by atoms with Crippen molar-refractivity contribution in [3.05, 3.63) is 106 Å². The first-order chi connectivity index (χ1) is 24.3. The zero-order valence-corrected chi connectivity index (χ0v) is 30.0. The van der Waals surface area contributed by atoms with Crippen LogP contribution in [0.4, 0.5) is 35.6 Å². The standard InChI is InChI=1S/C24H26FN5O3.C13H16FNO4/c1-24(2,3)33-23(32)26-12-15-9-10-17(18(25)11-15)22(31)30-14-16-13-27-29(4)21(16)28-19-7-5-6-8-20(19)30;1-13(2,3)19-12(18)15-7-8-4-5-9(11(16)17)10(14)6-8/h5-11,13,28H,12,14H2,1-4H3,(H,26,32);4-6H,7H2,1-3H3,(H,15,18)(H,16,17). The number of aromatic nitrogens is 2. The minimum atomic E-state index is -1.33. The highest BCUT2D eigenvalue weighted by atomic mass is 19.1. The fraction of sp³-hybridized carbons (Fsp3) is 0.324. The molecule has 2 heterocycles. The van der Waals surface area contributed by atoms with Crippen molar-refractivity contribution in [2.24, 2.45) is 7.05 Å². The molecule has 1 aromatic heterocycles. The lowest BCUT2D eigenvalue weighted by molar-refractivity contribution is 0.0512. The van der Waals surface area contributed by atoms with Crippen LogP contribution in [-0.4, -0.2) is 50.2 Å². The molecule has 0 unspecified atom stereocenters. The third-order valence-corrected chi connectivity index (χ3v) is 7.24. The molecular weight excluding hydrogens is 678 g/mol. The first-order valence-corrected chi connectivity index (χ1v) is 16.2. The fourth-order valence-electron chi connectivity index (χ4n) is 4.95. The van der Waals surface area contributed by atoms with Gasteiger partial charge in [-0.3, -0.25) is 9.48 Å². The number of hydrogen-bond donors (Lipinski definition) is 4. The second-order valence-corrected chi connectivity index (χ2v) is 13.8. The van der Waals surface area contributed by atoms with Gasteiger partial charge < -0.3 is 35.4 Å². The third kappa shape index (κ3) is 10.5. The lowest BCUT2D eigenvalue weighted by atomic mass is 10.1. The molecular formula is C37H42F2N6O7. The van der Waals surface area contributed by atoms with Crippen molar-refractivity contribution in [1.29, 1.82) is 0 Å². The summed E-state index contributed by atoms with van der Waals surface area (Å²) in [5.41, 5.74) is 1.47. The topological polar surface area (TPSA) is 164 Å². The molecule has 276 valence electrons. The number of anilines is 3. The Balaban J connectivity index is 0.000000272. The zero-order chi connectivity index (χ0) is 38.4. The van der Waals surface area contributed by atoms with Gasteiger partial charge in [0, 0.05) is 25.7 Å². The van der Waals surface area contributed by atoms with Crippen molar-refractivity contribution in [3.8, 4) is 0 Å². The molecule has 1 aliphatic rings. The Morgan fingerprint density at radius 2 is 1.35 bits per heavy atom. The van der Waals surface area contributed by atoms with Crippen LogP contribution in [0, 0.1) is 11.6 Å². The van der Waals surface area contributed by atoms with Gasteiger partial charge in [-0.05, 0) is 89.1 Å². The van der Waals surface area contributed by atoms with E-state index in [9.17, 15) is 23.6 Å². The van der Waals surface area contributed by atoms with Gasteiger partial charge in [0.25, 0.3) is 5.91 Å². The number of nitrogens with one attached hydrogen (secondary N) is 3. The van der Waals surface area contributed by atoms with Crippen LogP contribution in [0.3, 0.4) is 0 Å². The first-order valence-electron chi connectivity index (χ1n) is 16.2. The summed E-state index contributed by atoms with van der Waals surface area (Å²) < 4.78 is 40.3. The number of rotatable bonds is 6. The van der Waals surface area contributed by atoms with Gasteiger partial charge in [0.05, 0.1) is 35.2 Å². The quantitative estimate of drug-likeness (QED) is 0.164. The smallest absolute Gasteiger partial charge is 0.407 e. The average molecular weight is 721 g/mol. The molecule has 3 amide bonds. The number of carboxylic acid groups (broad SMARTS) is 1. The van der Waals surface area contributed by atoms with Crippen molar-refractivity contribution in [3.63, 3.8) is 0 Å². The van der Waals surface area contributed by atoms with Gasteiger partial charge in [-0.25, -0.2) is 23.2 Å². The molecule has 0 spiro atoms. The Bertz CT molecular complexity index is 1970. The Morgan fingerprint density at radius 3 is 1.85 bits per heavy atom. The zero-order valence-electron chi connectivity index (χ0n) is 30.0. The monoisotopic (exact) mass is 720 g/mol. The van der Waals surface area contributed by atoms with E-state index in [2.05, 4.69) is 21.0 Å². The highest BCUT2D eigenvalue weighted by molar-refractivity contribution is 6.08. The van der Waals surface area contributed by atoms with Gasteiger partial charge in [-0.1, -0.05) is 24.3 Å². The van der Waals surface area contributed by atoms with E-state index < -0.39 is 52.5 Å². The van der Waals surface area contributed by atoms with E-state index in [0.29, 0.717) is 16.8 Å². The number of hydrogen-bond acceptors (Lipinski definition) is 8. The Kier molecular flexibility index (Phi) is 11.9. The molecule has 0 saturated heterocycles. The maximum Gasteiger partial charge on any atom is 0.407 e. The lowest BCUT2D eigenvalue weighted by Crippen LogP contribution is -2.32. The second-order valence-electron chi connectivity index (χ2n) is 13.8. The van der Waals surface area contributed by atoms with E-state index >= 15 is 4.39 Å². The maximum absolute atomic E-state index is 15.0. The fourth-order valence-corrected chi connectivity index (χ4v) is 4.95. The maximum atomic E-state index is 15.0. The second kappa shape index (κ2) is 15.9. The number of aryl methyl sites for hydroxylation is 1. The normalized spacial score (nSPS) is 12.1. The molecule has 0 radical (unpaired) electrons. The summed E-state index contributed by atoms with van der Waals surface area (Å²) in [6.45, 7) is 10.9. The van der Waals surface area contributed by atoms with E-state index in [1.54, 1.807) is 58.5 Å². The van der Waals surface area contributed by atoms with E-state index in [-0.39, 0.29) is 25.2 Å². The van der Waals surface area contributed by atoms with Crippen LogP contribution in [0.2, 0.25) is 0 Å². The molecule has 0 bridgehead atoms. The summed E-state index contributed by atoms with van der Waals surface area (Å²) in [6.07, 6.45) is 0.482. The van der Waals surface area contributed by atoms with Gasteiger partial charge in [0.1, 0.15) is 28.7 Å². The van der Waals surface area contributed by atoms with Gasteiger partial charge in [0.2, 0.25) is 0 Å². The van der Waals surface area contributed by atoms with Crippen molar-refractivity contribution in [1.82, 2.24) is 20.4 Å². The van der Waals surface area contributed by atoms with Crippen LogP contribution in [0.25, 0.3) is 0 Å². The van der Waals surface area contributed by atoms with Crippen molar-refractivity contribution < 1.29 is 42.5 Å². The molecule has 4 N–H and O–H groups in total. The number of carboxylic acids is 1. The summed E-state index contributed by atoms with van der Waals surface area (Å²) in [5, 5.41) is 21.3. The van der Waals surface area contributed by atoms with Crippen molar-refractivity contribution >= 4 is 41.3 Å². The number of carbonyl (C=O) groups excluding carboxylic acids is 3. The summed E-state index contributed by atoms with van der Waals surface area (Å²) in [4.78, 5) is 48.8. The summed E-state index contributed by atoms with van der Waals surface area (Å²) in [6, 6.07) is 15.3. The third-order valence-electron chi connectivity index (χ3n) is 7.24. The largest absolute Gasteiger partial charge is 0.478 e. The summed E-state index contributed by atoms with van der Waals surface area (Å²) in [7, 11) is 1.82. The van der Waals surface area contributed by atoms with Crippen molar-refractivity contribution in [2.75, 3.05) is 10.2 Å². The molecule has 0 aliphatic carbocycles. The minimum absolute atomic E-state index is 0.0573. The van der Waals surface area contributed by atoms with Crippen LogP contribution >= 0.6 is 0 Å². The van der Waals surface area contributed by atoms with Crippen LogP contribution in [-0.2, 0) is 36.2 Å². The molecule has 5 rings (SSSR count). The molecule has 1 aliphatic heterocycles. The highest BCUT2D eigenvalue weighted by Crippen LogP contribution is 2.36. The summed E-state index contributed by atoms with van der Waals surface area (Å²) >= 11 is 0. The van der Waals surface area contributed by atoms with Gasteiger partial charge in [-0.2, -0.15) is 5.10 Å². The van der Waals surface area contributed by atoms with Gasteiger partial charge >= 0.3 is 18.2 Å². The number of aromatic carboxylic acids is 1. The first kappa shape index (κ1) is 38.8. The predicted octanol–water partition coefficient (Wildman–Crippen LogP) is 7.04. The molecule has 0 fully saturated rings. The Labute approximate surface area is 299 Å². The number of para-hydroxylation sites is 2. The van der Waals surface area contributed by atoms with E-state index in [0.717, 1.165) is 29.2 Å². The number of benzene rings is 3. The number of alkyl carbamates (subject to hydrolysis) is 2. The van der Waals surface area contributed by atoms with Crippen LogP contribution in [0.1, 0.15) is 78.9 Å². The van der Waals surface area contributed by atoms with E-state index in [1.807, 2.05) is 31.3 Å². The van der Waals surface area contributed by atoms with E-state index in [4.69, 9.17) is 14.6 Å². The number of halogens is 2. The predicted molar refractivity (Wildman–Crippen MR) is 189 cm³/mol. The highest BCUT2D eigenvalue weighted by Gasteiger charge is 2.28. The molecule has 15 heteroatoms. The number of carbonyl (C=O) groups is 4. The molecule has 13 nitrogen and oxygen atoms in total. The van der Waals surface area contributed by atoms with E-state index in [1.165, 1.54) is 23.1 Å². The molecule has 52 heavy (non-hydrogen) atoms. The molecule has 3 aromatic carbocycles. The number of amides is 3. The number of fused-ring (bicyclic) bond motifs is 2. The number of ether oxygens (including phenoxy) is 2. The molecule has 0 atom stereocenters. The molecule has 0 saturated carbocycles. The average Bonchev–Trinajstić information content (AvgIpc) is 3.28. The lowest BCUT2D eigenvalue weighted by Gasteiger charge is -2.23. The summed E-state index contributed by atoms with van der Waals surface area (Å²) in [5.74, 6) is -2.52. The Morgan fingerprint density at radius 1 is 0.827 bits per heavy atom. The van der Waals surface area contributed by atoms with Crippen molar-refractivity contribution in [2.45, 2.75) is 72.4 Å². The SMILES string of the molecule is CC(C)(C)OC(=O)NCc1ccc(C(=O)O)c(F)c1.Cn1ncc2c1Nc1ccccc1N(C(=O)c1ccc(CNC(=O)OC(C)(C)C)cc1F)C2. The molecule has 4 aromatic rings. The minimum Gasteiger partial charge on any atom is -0.478 e. The van der Waals surface area contributed by atoms with Crippen LogP contribution in [0.15, 0.2) is 66.9 Å². The van der Waals surface area contributed by atoms with Gasteiger partial charge in [-0.15, -0.1) is 0 Å². The number of nitrogens with zero attached hydrogens (tertiary/aromatic N) is 3. The Hall–Kier alpha value is -5.99.